The third-order valence-electron chi connectivity index (χ3n) is 1.29. The molecule has 0 aliphatic heterocycles. The van der Waals surface area contributed by atoms with Crippen LogP contribution in [0.4, 0.5) is 4.39 Å². The summed E-state index contributed by atoms with van der Waals surface area (Å²) < 4.78 is 17.7. The van der Waals surface area contributed by atoms with Gasteiger partial charge in [0.05, 0.1) is 6.61 Å². The van der Waals surface area contributed by atoms with Crippen LogP contribution in [-0.2, 0) is 4.74 Å². The molecule has 0 aromatic carbocycles. The number of hydrogen-bond donors (Lipinski definition) is 1. The Labute approximate surface area is 72.2 Å². The highest BCUT2D eigenvalue weighted by Crippen LogP contribution is 2.15. The van der Waals surface area contributed by atoms with Gasteiger partial charge in [-0.05, 0) is 6.92 Å². The minimum atomic E-state index is -0.614. The second kappa shape index (κ2) is 5.55. The van der Waals surface area contributed by atoms with Crippen molar-refractivity contribution in [2.45, 2.75) is 6.92 Å². The molecule has 0 atom stereocenters. The minimum Gasteiger partial charge on any atom is -0.490 e. The van der Waals surface area contributed by atoms with Crippen LogP contribution in [0, 0.1) is 0 Å². The number of ether oxygens (including phenoxy) is 1. The van der Waals surface area contributed by atoms with Gasteiger partial charge in [0.15, 0.2) is 11.6 Å². The SMILES string of the molecule is C=C/C(CN)=C(/OCC)C(=C)F. The number of hydrogen-bond acceptors (Lipinski definition) is 2. The topological polar surface area (TPSA) is 35.2 Å². The van der Waals surface area contributed by atoms with Crippen molar-refractivity contribution < 1.29 is 9.13 Å². The van der Waals surface area contributed by atoms with Gasteiger partial charge in [0.2, 0.25) is 0 Å². The molecule has 0 aromatic heterocycles. The molecule has 0 amide bonds. The van der Waals surface area contributed by atoms with E-state index < -0.39 is 5.83 Å². The molecule has 12 heavy (non-hydrogen) atoms. The van der Waals surface area contributed by atoms with E-state index in [0.717, 1.165) is 0 Å². The van der Waals surface area contributed by atoms with Crippen molar-refractivity contribution in [1.82, 2.24) is 0 Å². The van der Waals surface area contributed by atoms with E-state index in [0.29, 0.717) is 12.2 Å². The summed E-state index contributed by atoms with van der Waals surface area (Å²) in [5, 5.41) is 0. The van der Waals surface area contributed by atoms with Crippen LogP contribution in [0.25, 0.3) is 0 Å². The summed E-state index contributed by atoms with van der Waals surface area (Å²) in [6.45, 7) is 8.97. The van der Waals surface area contributed by atoms with Crippen LogP contribution in [0.1, 0.15) is 6.92 Å². The maximum Gasteiger partial charge on any atom is 0.158 e. The van der Waals surface area contributed by atoms with Crippen LogP contribution in [0.3, 0.4) is 0 Å². The smallest absolute Gasteiger partial charge is 0.158 e. The molecule has 0 fully saturated rings. The highest BCUT2D eigenvalue weighted by atomic mass is 19.1. The van der Waals surface area contributed by atoms with Crippen LogP contribution in [-0.4, -0.2) is 13.2 Å². The molecule has 0 aliphatic carbocycles. The second-order valence-corrected chi connectivity index (χ2v) is 2.10. The Bertz CT molecular complexity index is 209. The van der Waals surface area contributed by atoms with Gasteiger partial charge in [-0.2, -0.15) is 0 Å². The first kappa shape index (κ1) is 10.9. The molecule has 0 saturated carbocycles. The fraction of sp³-hybridized carbons (Fsp3) is 0.333. The van der Waals surface area contributed by atoms with Crippen LogP contribution in [0.2, 0.25) is 0 Å². The van der Waals surface area contributed by atoms with E-state index in [1.54, 1.807) is 6.92 Å². The molecule has 3 heteroatoms. The van der Waals surface area contributed by atoms with Crippen molar-refractivity contribution in [2.24, 2.45) is 5.73 Å². The molecule has 2 nitrogen and oxygen atoms in total. The van der Waals surface area contributed by atoms with Crippen molar-refractivity contribution >= 4 is 0 Å². The molecule has 0 aromatic rings. The molecule has 2 N–H and O–H groups in total. The average Bonchev–Trinajstić information content (AvgIpc) is 2.05. The van der Waals surface area contributed by atoms with Crippen molar-refractivity contribution in [3.8, 4) is 0 Å². The minimum absolute atomic E-state index is 0.106. The van der Waals surface area contributed by atoms with Crippen molar-refractivity contribution in [1.29, 1.82) is 0 Å². The third-order valence-corrected chi connectivity index (χ3v) is 1.29. The Morgan fingerprint density at radius 1 is 1.67 bits per heavy atom. The first-order valence-corrected chi connectivity index (χ1v) is 3.70. The Morgan fingerprint density at radius 2 is 2.25 bits per heavy atom. The third kappa shape index (κ3) is 2.88. The summed E-state index contributed by atoms with van der Waals surface area (Å²) in [5.74, 6) is -0.507. The Hall–Kier alpha value is -1.09. The van der Waals surface area contributed by atoms with Gasteiger partial charge in [-0.1, -0.05) is 19.2 Å². The normalized spacial score (nSPS) is 11.9. The average molecular weight is 171 g/mol. The number of nitrogens with two attached hydrogens (primary N) is 1. The highest BCUT2D eigenvalue weighted by Gasteiger charge is 2.07. The standard InChI is InChI=1S/C9H14FNO/c1-4-8(6-11)9(7(3)10)12-5-2/h4H,1,3,5-6,11H2,2H3/b9-8-. The fourth-order valence-corrected chi connectivity index (χ4v) is 0.758. The van der Waals surface area contributed by atoms with Crippen LogP contribution >= 0.6 is 0 Å². The molecule has 0 unspecified atom stereocenters. The largest absolute Gasteiger partial charge is 0.490 e. The van der Waals surface area contributed by atoms with E-state index in [4.69, 9.17) is 10.5 Å². The van der Waals surface area contributed by atoms with Crippen LogP contribution < -0.4 is 5.73 Å². The summed E-state index contributed by atoms with van der Waals surface area (Å²) in [4.78, 5) is 0. The van der Waals surface area contributed by atoms with Crippen LogP contribution in [0.5, 0.6) is 0 Å². The fourth-order valence-electron chi connectivity index (χ4n) is 0.758. The molecular weight excluding hydrogens is 157 g/mol. The predicted octanol–water partition coefficient (Wildman–Crippen LogP) is 1.90. The molecular formula is C9H14FNO. The van der Waals surface area contributed by atoms with Gasteiger partial charge in [-0.15, -0.1) is 0 Å². The van der Waals surface area contributed by atoms with Gasteiger partial charge in [0.1, 0.15) is 0 Å². The zero-order valence-corrected chi connectivity index (χ0v) is 7.27. The van der Waals surface area contributed by atoms with Gasteiger partial charge in [0.25, 0.3) is 0 Å². The number of allylic oxidation sites excluding steroid dienone is 1. The summed E-state index contributed by atoms with van der Waals surface area (Å²) in [5.41, 5.74) is 5.87. The molecule has 0 aliphatic rings. The van der Waals surface area contributed by atoms with E-state index in [9.17, 15) is 4.39 Å². The Balaban J connectivity index is 4.75. The second-order valence-electron chi connectivity index (χ2n) is 2.10. The zero-order chi connectivity index (χ0) is 9.56. The van der Waals surface area contributed by atoms with E-state index in [1.165, 1.54) is 6.08 Å². The van der Waals surface area contributed by atoms with E-state index >= 15 is 0 Å². The van der Waals surface area contributed by atoms with Crippen molar-refractivity contribution in [3.63, 3.8) is 0 Å². The van der Waals surface area contributed by atoms with Crippen LogP contribution in [0.15, 0.2) is 36.4 Å². The van der Waals surface area contributed by atoms with Gasteiger partial charge in [-0.25, -0.2) is 4.39 Å². The van der Waals surface area contributed by atoms with Gasteiger partial charge in [-0.3, -0.25) is 0 Å². The lowest BCUT2D eigenvalue weighted by Gasteiger charge is -2.09. The lowest BCUT2D eigenvalue weighted by Crippen LogP contribution is -2.06. The summed E-state index contributed by atoms with van der Waals surface area (Å²) in [6, 6.07) is 0. The Kier molecular flexibility index (Phi) is 5.04. The maximum atomic E-state index is 12.7. The van der Waals surface area contributed by atoms with Crippen molar-refractivity contribution in [2.75, 3.05) is 13.2 Å². The molecule has 0 rings (SSSR count). The first-order chi connectivity index (χ1) is 5.67. The summed E-state index contributed by atoms with van der Waals surface area (Å²) >= 11 is 0. The molecule has 68 valence electrons. The quantitative estimate of drug-likeness (QED) is 0.506. The van der Waals surface area contributed by atoms with Crippen molar-refractivity contribution in [3.05, 3.63) is 36.4 Å². The zero-order valence-electron chi connectivity index (χ0n) is 7.27. The summed E-state index contributed by atoms with van der Waals surface area (Å²) in [6.07, 6.45) is 1.47. The van der Waals surface area contributed by atoms with E-state index in [-0.39, 0.29) is 12.3 Å². The lowest BCUT2D eigenvalue weighted by atomic mass is 10.2. The summed E-state index contributed by atoms with van der Waals surface area (Å²) in [7, 11) is 0. The lowest BCUT2D eigenvalue weighted by molar-refractivity contribution is 0.222. The van der Waals surface area contributed by atoms with E-state index in [1.807, 2.05) is 0 Å². The van der Waals surface area contributed by atoms with Gasteiger partial charge < -0.3 is 10.5 Å². The van der Waals surface area contributed by atoms with Gasteiger partial charge >= 0.3 is 0 Å². The first-order valence-electron chi connectivity index (χ1n) is 3.70. The predicted molar refractivity (Wildman–Crippen MR) is 48.2 cm³/mol. The molecule has 0 saturated heterocycles. The van der Waals surface area contributed by atoms with E-state index in [2.05, 4.69) is 13.2 Å². The van der Waals surface area contributed by atoms with Gasteiger partial charge in [0, 0.05) is 12.1 Å². The number of halogens is 1. The molecule has 0 heterocycles. The highest BCUT2D eigenvalue weighted by molar-refractivity contribution is 5.31. The number of rotatable bonds is 5. The maximum absolute atomic E-state index is 12.7. The molecule has 0 bridgehead atoms. The Morgan fingerprint density at radius 3 is 2.50 bits per heavy atom. The molecule has 0 spiro atoms. The molecule has 0 radical (unpaired) electrons. The monoisotopic (exact) mass is 171 g/mol.